The number of imidazole rings is 1. The van der Waals surface area contributed by atoms with Crippen LogP contribution < -0.4 is 4.74 Å². The van der Waals surface area contributed by atoms with E-state index in [9.17, 15) is 9.18 Å². The van der Waals surface area contributed by atoms with Crippen LogP contribution in [0.5, 0.6) is 5.75 Å². The van der Waals surface area contributed by atoms with Gasteiger partial charge in [0.05, 0.1) is 30.2 Å². The zero-order valence-electron chi connectivity index (χ0n) is 19.4. The van der Waals surface area contributed by atoms with Crippen LogP contribution in [0.25, 0.3) is 16.9 Å². The standard InChI is InChI=1S/C25H26FN5O2/c1-14-10-17(12-19(11-14)33-5)24-20-8-9-30(16(3)22(20)28-29(24)4)25(32)23-15(2)27-21-7-6-18(26)13-31(21)23/h6-7,10-13,16H,8-9H2,1-5H3/t16-/m0/s1. The van der Waals surface area contributed by atoms with Crippen molar-refractivity contribution < 1.29 is 13.9 Å². The summed E-state index contributed by atoms with van der Waals surface area (Å²) in [6.45, 7) is 6.35. The minimum absolute atomic E-state index is 0.173. The summed E-state index contributed by atoms with van der Waals surface area (Å²) >= 11 is 0. The summed E-state index contributed by atoms with van der Waals surface area (Å²) in [7, 11) is 3.59. The first-order valence-electron chi connectivity index (χ1n) is 11.0. The van der Waals surface area contributed by atoms with Crippen LogP contribution in [0.2, 0.25) is 0 Å². The Kier molecular flexibility index (Phi) is 4.96. The second-order valence-corrected chi connectivity index (χ2v) is 8.62. The molecule has 0 fully saturated rings. The van der Waals surface area contributed by atoms with E-state index in [1.54, 1.807) is 25.0 Å². The lowest BCUT2D eigenvalue weighted by Crippen LogP contribution is -2.39. The number of fused-ring (bicyclic) bond motifs is 2. The van der Waals surface area contributed by atoms with Crippen LogP contribution in [0.3, 0.4) is 0 Å². The first kappa shape index (κ1) is 21.2. The molecule has 1 amide bonds. The molecule has 1 aromatic carbocycles. The number of hydrogen-bond donors (Lipinski definition) is 0. The zero-order valence-corrected chi connectivity index (χ0v) is 19.4. The van der Waals surface area contributed by atoms with Gasteiger partial charge in [-0.1, -0.05) is 0 Å². The number of aryl methyl sites for hydroxylation is 3. The lowest BCUT2D eigenvalue weighted by atomic mass is 9.94. The number of ether oxygens (including phenoxy) is 1. The van der Waals surface area contributed by atoms with E-state index < -0.39 is 5.82 Å². The molecule has 0 saturated carbocycles. The molecule has 4 aromatic rings. The molecule has 0 bridgehead atoms. The van der Waals surface area contributed by atoms with E-state index in [1.165, 1.54) is 16.7 Å². The fourth-order valence-electron chi connectivity index (χ4n) is 4.92. The molecule has 0 saturated heterocycles. The van der Waals surface area contributed by atoms with Gasteiger partial charge < -0.3 is 9.64 Å². The Hall–Kier alpha value is -3.68. The van der Waals surface area contributed by atoms with Crippen molar-refractivity contribution in [1.29, 1.82) is 0 Å². The van der Waals surface area contributed by atoms with Crippen LogP contribution in [0.1, 0.15) is 46.0 Å². The van der Waals surface area contributed by atoms with Gasteiger partial charge in [0.15, 0.2) is 0 Å². The number of halogens is 1. The average Bonchev–Trinajstić information content (AvgIpc) is 3.28. The summed E-state index contributed by atoms with van der Waals surface area (Å²) in [6.07, 6.45) is 1.99. The number of amides is 1. The minimum Gasteiger partial charge on any atom is -0.497 e. The van der Waals surface area contributed by atoms with E-state index in [2.05, 4.69) is 11.1 Å². The van der Waals surface area contributed by atoms with E-state index in [0.29, 0.717) is 30.0 Å². The fourth-order valence-corrected chi connectivity index (χ4v) is 4.92. The smallest absolute Gasteiger partial charge is 0.273 e. The van der Waals surface area contributed by atoms with Crippen LogP contribution in [0.15, 0.2) is 36.5 Å². The van der Waals surface area contributed by atoms with E-state index in [1.807, 2.05) is 37.7 Å². The summed E-state index contributed by atoms with van der Waals surface area (Å²) in [5.74, 6) is 0.218. The lowest BCUT2D eigenvalue weighted by Gasteiger charge is -2.33. The number of nitrogens with zero attached hydrogens (tertiary/aromatic N) is 5. The highest BCUT2D eigenvalue weighted by atomic mass is 19.1. The molecule has 33 heavy (non-hydrogen) atoms. The van der Waals surface area contributed by atoms with Crippen LogP contribution in [-0.2, 0) is 13.5 Å². The second kappa shape index (κ2) is 7.72. The topological polar surface area (TPSA) is 64.7 Å². The predicted octanol–water partition coefficient (Wildman–Crippen LogP) is 4.26. The second-order valence-electron chi connectivity index (χ2n) is 8.62. The molecule has 0 unspecified atom stereocenters. The van der Waals surface area contributed by atoms with Gasteiger partial charge in [0.25, 0.3) is 5.91 Å². The van der Waals surface area contributed by atoms with Gasteiger partial charge in [-0.25, -0.2) is 9.37 Å². The Morgan fingerprint density at radius 2 is 2.00 bits per heavy atom. The highest BCUT2D eigenvalue weighted by Gasteiger charge is 2.35. The maximum atomic E-state index is 13.9. The van der Waals surface area contributed by atoms with Crippen molar-refractivity contribution in [3.63, 3.8) is 0 Å². The largest absolute Gasteiger partial charge is 0.497 e. The van der Waals surface area contributed by atoms with E-state index >= 15 is 0 Å². The Morgan fingerprint density at radius 1 is 1.21 bits per heavy atom. The normalized spacial score (nSPS) is 15.7. The average molecular weight is 448 g/mol. The van der Waals surface area contributed by atoms with E-state index in [0.717, 1.165) is 33.8 Å². The number of carbonyl (C=O) groups is 1. The first-order chi connectivity index (χ1) is 15.8. The van der Waals surface area contributed by atoms with Gasteiger partial charge >= 0.3 is 0 Å². The zero-order chi connectivity index (χ0) is 23.4. The van der Waals surface area contributed by atoms with Gasteiger partial charge in [-0.3, -0.25) is 13.9 Å². The maximum absolute atomic E-state index is 13.9. The first-order valence-corrected chi connectivity index (χ1v) is 11.0. The molecule has 1 atom stereocenters. The van der Waals surface area contributed by atoms with Crippen LogP contribution in [0.4, 0.5) is 4.39 Å². The SMILES string of the molecule is COc1cc(C)cc(-c2c3c(nn2C)[C@H](C)N(C(=O)c2c(C)nc4ccc(F)cn24)CC3)c1. The molecule has 3 aromatic heterocycles. The molecule has 170 valence electrons. The number of benzene rings is 1. The molecule has 0 aliphatic carbocycles. The molecule has 0 spiro atoms. The molecule has 1 aliphatic rings. The Bertz CT molecular complexity index is 1400. The van der Waals surface area contributed by atoms with Gasteiger partial charge in [0.2, 0.25) is 0 Å². The molecule has 1 aliphatic heterocycles. The summed E-state index contributed by atoms with van der Waals surface area (Å²) in [5, 5.41) is 4.81. The third-order valence-electron chi connectivity index (χ3n) is 6.42. The van der Waals surface area contributed by atoms with Gasteiger partial charge in [0.1, 0.15) is 22.9 Å². The highest BCUT2D eigenvalue weighted by molar-refractivity contribution is 5.95. The third-order valence-corrected chi connectivity index (χ3v) is 6.42. The Balaban J connectivity index is 1.55. The number of pyridine rings is 1. The number of methoxy groups -OCH3 is 1. The molecule has 7 nitrogen and oxygen atoms in total. The molecular weight excluding hydrogens is 421 g/mol. The van der Waals surface area contributed by atoms with Crippen LogP contribution in [0, 0.1) is 19.7 Å². The van der Waals surface area contributed by atoms with Gasteiger partial charge in [0, 0.05) is 30.9 Å². The highest BCUT2D eigenvalue weighted by Crippen LogP contribution is 2.37. The fraction of sp³-hybridized carbons (Fsp3) is 0.320. The van der Waals surface area contributed by atoms with Gasteiger partial charge in [-0.2, -0.15) is 5.10 Å². The summed E-state index contributed by atoms with van der Waals surface area (Å²) in [6, 6.07) is 8.84. The Labute approximate surface area is 191 Å². The van der Waals surface area contributed by atoms with Crippen molar-refractivity contribution in [2.45, 2.75) is 33.2 Å². The Morgan fingerprint density at radius 3 is 2.76 bits per heavy atom. The van der Waals surface area contributed by atoms with Gasteiger partial charge in [-0.05, 0) is 63.1 Å². The summed E-state index contributed by atoms with van der Waals surface area (Å²) < 4.78 is 22.8. The third kappa shape index (κ3) is 3.37. The number of carbonyl (C=O) groups excluding carboxylic acids is 1. The van der Waals surface area contributed by atoms with E-state index in [-0.39, 0.29) is 11.9 Å². The molecule has 0 radical (unpaired) electrons. The van der Waals surface area contributed by atoms with Crippen LogP contribution >= 0.6 is 0 Å². The van der Waals surface area contributed by atoms with Crippen molar-refractivity contribution in [3.05, 3.63) is 70.6 Å². The quantitative estimate of drug-likeness (QED) is 0.471. The molecule has 4 heterocycles. The minimum atomic E-state index is -0.411. The monoisotopic (exact) mass is 447 g/mol. The van der Waals surface area contributed by atoms with Crippen molar-refractivity contribution in [2.24, 2.45) is 7.05 Å². The molecular formula is C25H26FN5O2. The number of hydrogen-bond acceptors (Lipinski definition) is 4. The number of rotatable bonds is 3. The molecule has 8 heteroatoms. The van der Waals surface area contributed by atoms with Crippen LogP contribution in [-0.4, -0.2) is 43.6 Å². The molecule has 0 N–H and O–H groups in total. The van der Waals surface area contributed by atoms with Crippen molar-refractivity contribution in [1.82, 2.24) is 24.1 Å². The van der Waals surface area contributed by atoms with Crippen molar-refractivity contribution >= 4 is 11.6 Å². The van der Waals surface area contributed by atoms with Crippen molar-refractivity contribution in [3.8, 4) is 17.0 Å². The van der Waals surface area contributed by atoms with E-state index in [4.69, 9.17) is 9.84 Å². The lowest BCUT2D eigenvalue weighted by molar-refractivity contribution is 0.0665. The maximum Gasteiger partial charge on any atom is 0.273 e. The predicted molar refractivity (Wildman–Crippen MR) is 123 cm³/mol. The molecule has 5 rings (SSSR count). The summed E-state index contributed by atoms with van der Waals surface area (Å²) in [4.78, 5) is 19.9. The summed E-state index contributed by atoms with van der Waals surface area (Å²) in [5.41, 5.74) is 6.73. The van der Waals surface area contributed by atoms with Gasteiger partial charge in [-0.15, -0.1) is 0 Å². The van der Waals surface area contributed by atoms with Crippen molar-refractivity contribution in [2.75, 3.05) is 13.7 Å². The number of aromatic nitrogens is 4.